The van der Waals surface area contributed by atoms with Crippen LogP contribution in [0.2, 0.25) is 0 Å². The molecule has 0 bridgehead atoms. The van der Waals surface area contributed by atoms with Gasteiger partial charge >= 0.3 is 5.97 Å². The Morgan fingerprint density at radius 1 is 1.24 bits per heavy atom. The van der Waals surface area contributed by atoms with E-state index >= 15 is 0 Å². The Morgan fingerprint density at radius 2 is 1.88 bits per heavy atom. The molecule has 2 atom stereocenters. The predicted octanol–water partition coefficient (Wildman–Crippen LogP) is 3.74. The molecule has 134 valence electrons. The van der Waals surface area contributed by atoms with Gasteiger partial charge in [-0.3, -0.25) is 4.79 Å². The molecule has 7 heteroatoms. The normalized spacial score (nSPS) is 20.6. The highest BCUT2D eigenvalue weighted by atomic mass is 19.2. The smallest absolute Gasteiger partial charge is 0.331 e. The maximum Gasteiger partial charge on any atom is 0.331 e. The SMILES string of the molecule is C=CCC(=O)N1[C@@H](/C=C(\C)C(=O)O)CC[C@H]1c1cc(F)c(F)cc1F. The minimum Gasteiger partial charge on any atom is -0.478 e. The molecule has 0 radical (unpaired) electrons. The number of hydrogen-bond acceptors (Lipinski definition) is 2. The summed E-state index contributed by atoms with van der Waals surface area (Å²) in [5.41, 5.74) is -0.0759. The van der Waals surface area contributed by atoms with Gasteiger partial charge in [-0.15, -0.1) is 6.58 Å². The summed E-state index contributed by atoms with van der Waals surface area (Å²) >= 11 is 0. The molecule has 1 fully saturated rings. The van der Waals surface area contributed by atoms with Gasteiger partial charge in [0.05, 0.1) is 12.1 Å². The summed E-state index contributed by atoms with van der Waals surface area (Å²) in [5, 5.41) is 9.03. The van der Waals surface area contributed by atoms with E-state index in [1.54, 1.807) is 0 Å². The van der Waals surface area contributed by atoms with Gasteiger partial charge in [-0.05, 0) is 25.8 Å². The average molecular weight is 353 g/mol. The molecule has 1 aromatic carbocycles. The Balaban J connectivity index is 2.45. The first-order chi connectivity index (χ1) is 11.8. The second kappa shape index (κ2) is 7.55. The fourth-order valence-corrected chi connectivity index (χ4v) is 3.05. The minimum absolute atomic E-state index is 0.0295. The number of rotatable bonds is 5. The molecule has 4 nitrogen and oxygen atoms in total. The number of carboxylic acid groups (broad SMARTS) is 1. The largest absolute Gasteiger partial charge is 0.478 e. The second-order valence-electron chi connectivity index (χ2n) is 5.90. The lowest BCUT2D eigenvalue weighted by Crippen LogP contribution is -2.36. The van der Waals surface area contributed by atoms with Crippen LogP contribution in [0, 0.1) is 17.5 Å². The van der Waals surface area contributed by atoms with Crippen molar-refractivity contribution in [2.75, 3.05) is 0 Å². The van der Waals surface area contributed by atoms with Crippen LogP contribution in [-0.2, 0) is 9.59 Å². The average Bonchev–Trinajstić information content (AvgIpc) is 2.94. The maximum absolute atomic E-state index is 14.1. The third kappa shape index (κ3) is 3.92. The molecule has 0 unspecified atom stereocenters. The van der Waals surface area contributed by atoms with Crippen LogP contribution in [0.4, 0.5) is 13.2 Å². The zero-order chi connectivity index (χ0) is 18.7. The molecule has 0 spiro atoms. The third-order valence-corrected chi connectivity index (χ3v) is 4.21. The number of benzene rings is 1. The molecular formula is C18H18F3NO3. The van der Waals surface area contributed by atoms with Gasteiger partial charge in [-0.25, -0.2) is 18.0 Å². The molecule has 2 rings (SSSR count). The van der Waals surface area contributed by atoms with E-state index in [1.165, 1.54) is 24.0 Å². The molecule has 0 saturated carbocycles. The van der Waals surface area contributed by atoms with Gasteiger partial charge in [0.25, 0.3) is 0 Å². The molecule has 0 aromatic heterocycles. The Hall–Kier alpha value is -2.57. The number of carboxylic acids is 1. The number of hydrogen-bond donors (Lipinski definition) is 1. The minimum atomic E-state index is -1.30. The molecule has 1 amide bonds. The topological polar surface area (TPSA) is 57.6 Å². The molecule has 1 N–H and O–H groups in total. The second-order valence-corrected chi connectivity index (χ2v) is 5.90. The molecular weight excluding hydrogens is 335 g/mol. The van der Waals surface area contributed by atoms with Crippen LogP contribution in [0.1, 0.15) is 37.8 Å². The number of nitrogens with zero attached hydrogens (tertiary/aromatic N) is 1. The van der Waals surface area contributed by atoms with Crippen LogP contribution < -0.4 is 0 Å². The lowest BCUT2D eigenvalue weighted by molar-refractivity contribution is -0.134. The van der Waals surface area contributed by atoms with Gasteiger partial charge in [-0.2, -0.15) is 0 Å². The fraction of sp³-hybridized carbons (Fsp3) is 0.333. The van der Waals surface area contributed by atoms with Crippen molar-refractivity contribution >= 4 is 11.9 Å². The number of halogens is 3. The van der Waals surface area contributed by atoms with E-state index in [4.69, 9.17) is 5.11 Å². The van der Waals surface area contributed by atoms with Gasteiger partial charge in [0.1, 0.15) is 5.82 Å². The van der Waals surface area contributed by atoms with Crippen molar-refractivity contribution in [1.82, 2.24) is 4.90 Å². The van der Waals surface area contributed by atoms with Crippen molar-refractivity contribution in [3.8, 4) is 0 Å². The van der Waals surface area contributed by atoms with Gasteiger partial charge in [0.15, 0.2) is 11.6 Å². The Labute approximate surface area is 143 Å². The Kier molecular flexibility index (Phi) is 5.66. The summed E-state index contributed by atoms with van der Waals surface area (Å²) in [6.45, 7) is 4.88. The van der Waals surface area contributed by atoms with Crippen molar-refractivity contribution in [1.29, 1.82) is 0 Å². The predicted molar refractivity (Wildman–Crippen MR) is 85.1 cm³/mol. The molecule has 0 aliphatic carbocycles. The van der Waals surface area contributed by atoms with Crippen LogP contribution in [0.15, 0.2) is 36.4 Å². The molecule has 1 aliphatic heterocycles. The van der Waals surface area contributed by atoms with Crippen molar-refractivity contribution in [3.63, 3.8) is 0 Å². The molecule has 1 saturated heterocycles. The van der Waals surface area contributed by atoms with E-state index in [2.05, 4.69) is 6.58 Å². The summed E-state index contributed by atoms with van der Waals surface area (Å²) in [6.07, 6.45) is 3.46. The van der Waals surface area contributed by atoms with E-state index in [0.717, 1.165) is 6.07 Å². The zero-order valence-corrected chi connectivity index (χ0v) is 13.6. The fourth-order valence-electron chi connectivity index (χ4n) is 3.05. The highest BCUT2D eigenvalue weighted by Gasteiger charge is 2.38. The van der Waals surface area contributed by atoms with E-state index in [9.17, 15) is 22.8 Å². The van der Waals surface area contributed by atoms with E-state index in [-0.39, 0.29) is 23.5 Å². The third-order valence-electron chi connectivity index (χ3n) is 4.21. The number of amides is 1. The first kappa shape index (κ1) is 18.8. The number of carbonyl (C=O) groups is 2. The number of carbonyl (C=O) groups excluding carboxylic acids is 1. The highest BCUT2D eigenvalue weighted by molar-refractivity contribution is 5.86. The molecule has 1 aromatic rings. The zero-order valence-electron chi connectivity index (χ0n) is 13.6. The number of aliphatic carboxylic acids is 1. The Morgan fingerprint density at radius 3 is 2.48 bits per heavy atom. The molecule has 1 aliphatic rings. The first-order valence-corrected chi connectivity index (χ1v) is 7.74. The molecule has 1 heterocycles. The van der Waals surface area contributed by atoms with E-state index in [1.807, 2.05) is 0 Å². The van der Waals surface area contributed by atoms with Crippen molar-refractivity contribution < 1.29 is 27.9 Å². The summed E-state index contributed by atoms with van der Waals surface area (Å²) in [5.74, 6) is -4.96. The van der Waals surface area contributed by atoms with Gasteiger partial charge in [-0.1, -0.05) is 12.2 Å². The van der Waals surface area contributed by atoms with Crippen LogP contribution in [0.3, 0.4) is 0 Å². The van der Waals surface area contributed by atoms with Gasteiger partial charge in [0, 0.05) is 23.6 Å². The number of likely N-dealkylation sites (tertiary alicyclic amines) is 1. The van der Waals surface area contributed by atoms with E-state index in [0.29, 0.717) is 18.9 Å². The summed E-state index contributed by atoms with van der Waals surface area (Å²) in [6, 6.07) is -0.168. The van der Waals surface area contributed by atoms with E-state index < -0.39 is 35.5 Å². The lowest BCUT2D eigenvalue weighted by atomic mass is 10.0. The Bertz CT molecular complexity index is 745. The van der Waals surface area contributed by atoms with Crippen molar-refractivity contribution in [3.05, 3.63) is 59.5 Å². The summed E-state index contributed by atoms with van der Waals surface area (Å²) in [4.78, 5) is 24.8. The summed E-state index contributed by atoms with van der Waals surface area (Å²) in [7, 11) is 0. The van der Waals surface area contributed by atoms with Gasteiger partial charge in [0.2, 0.25) is 5.91 Å². The van der Waals surface area contributed by atoms with Crippen LogP contribution in [-0.4, -0.2) is 27.9 Å². The molecule has 25 heavy (non-hydrogen) atoms. The first-order valence-electron chi connectivity index (χ1n) is 7.74. The quantitative estimate of drug-likeness (QED) is 0.498. The standard InChI is InChI=1S/C18H18F3NO3/c1-3-4-17(23)22-11(7-10(2)18(24)25)5-6-16(22)12-8-14(20)15(21)9-13(12)19/h3,7-9,11,16H,1,4-6H2,2H3,(H,24,25)/b10-7+/t11-,16+/m1/s1. The van der Waals surface area contributed by atoms with Crippen LogP contribution in [0.25, 0.3) is 0 Å². The highest BCUT2D eigenvalue weighted by Crippen LogP contribution is 2.39. The monoisotopic (exact) mass is 353 g/mol. The van der Waals surface area contributed by atoms with Crippen molar-refractivity contribution in [2.45, 2.75) is 38.3 Å². The maximum atomic E-state index is 14.1. The lowest BCUT2D eigenvalue weighted by Gasteiger charge is -2.29. The van der Waals surface area contributed by atoms with Crippen LogP contribution >= 0.6 is 0 Å². The summed E-state index contributed by atoms with van der Waals surface area (Å²) < 4.78 is 40.9. The van der Waals surface area contributed by atoms with Crippen LogP contribution in [0.5, 0.6) is 0 Å². The van der Waals surface area contributed by atoms with Gasteiger partial charge < -0.3 is 10.0 Å². The van der Waals surface area contributed by atoms with Crippen molar-refractivity contribution in [2.24, 2.45) is 0 Å².